The fourth-order valence-electron chi connectivity index (χ4n) is 5.86. The summed E-state index contributed by atoms with van der Waals surface area (Å²) < 4.78 is 0. The zero-order valence-corrected chi connectivity index (χ0v) is 24.0. The Balaban J connectivity index is 1.70. The second kappa shape index (κ2) is 12.6. The molecule has 5 N–H and O–H groups in total. The van der Waals surface area contributed by atoms with Gasteiger partial charge in [-0.15, -0.1) is 0 Å². The van der Waals surface area contributed by atoms with Gasteiger partial charge in [-0.25, -0.2) is 0 Å². The number of nitrogens with one attached hydrogen (secondary N) is 1. The van der Waals surface area contributed by atoms with E-state index in [1.165, 1.54) is 0 Å². The molecule has 2 amide bonds. The van der Waals surface area contributed by atoms with Crippen LogP contribution < -0.4 is 16.4 Å². The number of nitrogens with zero attached hydrogens (tertiary/aromatic N) is 1. The maximum absolute atomic E-state index is 13.5. The highest BCUT2D eigenvalue weighted by atomic mass is 16.2. The van der Waals surface area contributed by atoms with Crippen LogP contribution in [0.2, 0.25) is 0 Å². The van der Waals surface area contributed by atoms with Crippen molar-refractivity contribution < 1.29 is 9.59 Å². The Hall–Kier alpha value is -5.49. The molecule has 0 radical (unpaired) electrons. The molecule has 0 fully saturated rings. The molecule has 0 saturated carbocycles. The van der Waals surface area contributed by atoms with Gasteiger partial charge in [0.1, 0.15) is 12.3 Å². The third-order valence-electron chi connectivity index (χ3n) is 7.86. The van der Waals surface area contributed by atoms with Crippen molar-refractivity contribution >= 4 is 23.3 Å². The lowest BCUT2D eigenvalue weighted by atomic mass is 9.65. The van der Waals surface area contributed by atoms with Crippen molar-refractivity contribution in [3.05, 3.63) is 173 Å². The van der Waals surface area contributed by atoms with Gasteiger partial charge < -0.3 is 16.4 Å². The smallest absolute Gasteiger partial charge is 0.236 e. The van der Waals surface area contributed by atoms with E-state index in [9.17, 15) is 9.59 Å². The predicted molar refractivity (Wildman–Crippen MR) is 172 cm³/mol. The lowest BCUT2D eigenvalue weighted by molar-refractivity contribution is -0.126. The summed E-state index contributed by atoms with van der Waals surface area (Å²) in [6, 6.07) is 45.9. The zero-order valence-electron chi connectivity index (χ0n) is 24.0. The molecule has 5 rings (SSSR count). The van der Waals surface area contributed by atoms with Crippen molar-refractivity contribution in [1.29, 1.82) is 5.41 Å². The normalized spacial score (nSPS) is 11.8. The van der Waals surface area contributed by atoms with Crippen molar-refractivity contribution in [3.63, 3.8) is 0 Å². The number of hydrogen-bond acceptors (Lipinski definition) is 3. The highest BCUT2D eigenvalue weighted by Crippen LogP contribution is 2.45. The molecule has 0 aliphatic heterocycles. The van der Waals surface area contributed by atoms with Crippen molar-refractivity contribution in [3.8, 4) is 0 Å². The fourth-order valence-corrected chi connectivity index (χ4v) is 5.86. The molecule has 0 aromatic heterocycles. The maximum atomic E-state index is 13.5. The number of amides is 2. The van der Waals surface area contributed by atoms with E-state index >= 15 is 0 Å². The van der Waals surface area contributed by atoms with Crippen LogP contribution >= 0.6 is 0 Å². The van der Waals surface area contributed by atoms with E-state index in [2.05, 4.69) is 84.9 Å². The maximum Gasteiger partial charge on any atom is 0.236 e. The summed E-state index contributed by atoms with van der Waals surface area (Å²) in [5.41, 5.74) is 16.8. The average Bonchev–Trinajstić information content (AvgIpc) is 3.03. The van der Waals surface area contributed by atoms with Gasteiger partial charge in [-0.1, -0.05) is 115 Å². The fraction of sp³-hybridized carbons (Fsp3) is 0.108. The number of nitrogen functional groups attached to an aromatic ring is 1. The summed E-state index contributed by atoms with van der Waals surface area (Å²) >= 11 is 0. The first-order valence-electron chi connectivity index (χ1n) is 14.1. The number of amidine groups is 1. The van der Waals surface area contributed by atoms with Crippen molar-refractivity contribution in [1.82, 2.24) is 0 Å². The van der Waals surface area contributed by atoms with Crippen LogP contribution in [0.3, 0.4) is 0 Å². The van der Waals surface area contributed by atoms with E-state index in [-0.39, 0.29) is 5.84 Å². The van der Waals surface area contributed by atoms with Crippen LogP contribution in [0.1, 0.15) is 52.8 Å². The van der Waals surface area contributed by atoms with Gasteiger partial charge in [-0.3, -0.25) is 15.0 Å². The number of rotatable bonds is 10. The Kier molecular flexibility index (Phi) is 8.49. The molecule has 0 bridgehead atoms. The molecular weight excluding hydrogens is 532 g/mol. The SMILES string of the molecule is CC(c1cccc(C(c2ccccc2)(c2ccccc2)c2ccccc2)c1)N(C(=O)CC(N)=O)c1ccc(C(=N)N)cc1. The Morgan fingerprint density at radius 2 is 1.14 bits per heavy atom. The van der Waals surface area contributed by atoms with Crippen LogP contribution in [-0.2, 0) is 15.0 Å². The molecule has 0 spiro atoms. The number of benzene rings is 5. The Morgan fingerprint density at radius 3 is 1.58 bits per heavy atom. The van der Waals surface area contributed by atoms with Gasteiger partial charge in [-0.2, -0.15) is 0 Å². The Morgan fingerprint density at radius 1 is 0.674 bits per heavy atom. The number of primary amides is 1. The summed E-state index contributed by atoms with van der Waals surface area (Å²) in [5.74, 6) is -1.18. The molecule has 214 valence electrons. The highest BCUT2D eigenvalue weighted by molar-refractivity contribution is 6.05. The molecule has 0 saturated heterocycles. The topological polar surface area (TPSA) is 113 Å². The highest BCUT2D eigenvalue weighted by Gasteiger charge is 2.38. The number of nitrogens with two attached hydrogens (primary N) is 2. The minimum atomic E-state index is -0.701. The molecule has 43 heavy (non-hydrogen) atoms. The minimum absolute atomic E-state index is 0.0682. The third kappa shape index (κ3) is 5.81. The molecule has 0 heterocycles. The molecule has 0 aliphatic carbocycles. The van der Waals surface area contributed by atoms with E-state index in [1.807, 2.05) is 37.3 Å². The second-order valence-corrected chi connectivity index (χ2v) is 10.5. The van der Waals surface area contributed by atoms with Gasteiger partial charge in [0.25, 0.3) is 0 Å². The predicted octanol–water partition coefficient (Wildman–Crippen LogP) is 6.32. The van der Waals surface area contributed by atoms with Crippen LogP contribution in [0.4, 0.5) is 5.69 Å². The van der Waals surface area contributed by atoms with Crippen LogP contribution in [0.25, 0.3) is 0 Å². The van der Waals surface area contributed by atoms with Crippen LogP contribution in [0.5, 0.6) is 0 Å². The minimum Gasteiger partial charge on any atom is -0.384 e. The van der Waals surface area contributed by atoms with Gasteiger partial charge in [0.05, 0.1) is 11.5 Å². The lowest BCUT2D eigenvalue weighted by Crippen LogP contribution is -2.36. The van der Waals surface area contributed by atoms with Crippen LogP contribution in [0, 0.1) is 5.41 Å². The van der Waals surface area contributed by atoms with E-state index < -0.39 is 29.7 Å². The van der Waals surface area contributed by atoms with E-state index in [0.29, 0.717) is 11.3 Å². The first-order valence-corrected chi connectivity index (χ1v) is 14.1. The summed E-state index contributed by atoms with van der Waals surface area (Å²) in [7, 11) is 0. The molecule has 1 atom stereocenters. The molecule has 6 heteroatoms. The van der Waals surface area contributed by atoms with Crippen LogP contribution in [0.15, 0.2) is 140 Å². The monoisotopic (exact) mass is 566 g/mol. The summed E-state index contributed by atoms with van der Waals surface area (Å²) in [5, 5.41) is 7.74. The van der Waals surface area contributed by atoms with Crippen molar-refractivity contribution in [2.24, 2.45) is 11.5 Å². The van der Waals surface area contributed by atoms with Gasteiger partial charge >= 0.3 is 0 Å². The average molecular weight is 567 g/mol. The van der Waals surface area contributed by atoms with Gasteiger partial charge in [-0.05, 0) is 59.0 Å². The molecule has 0 aliphatic rings. The Labute approximate surface area is 252 Å². The largest absolute Gasteiger partial charge is 0.384 e. The van der Waals surface area contributed by atoms with Crippen molar-refractivity contribution in [2.75, 3.05) is 4.90 Å². The quantitative estimate of drug-likeness (QED) is 0.0795. The number of carbonyl (C=O) groups is 2. The molecule has 5 aromatic rings. The van der Waals surface area contributed by atoms with E-state index in [4.69, 9.17) is 16.9 Å². The van der Waals surface area contributed by atoms with Gasteiger partial charge in [0, 0.05) is 11.3 Å². The van der Waals surface area contributed by atoms with Crippen LogP contribution in [-0.4, -0.2) is 17.6 Å². The lowest BCUT2D eigenvalue weighted by Gasteiger charge is -2.38. The second-order valence-electron chi connectivity index (χ2n) is 10.5. The summed E-state index contributed by atoms with van der Waals surface area (Å²) in [6.45, 7) is 1.94. The summed E-state index contributed by atoms with van der Waals surface area (Å²) in [6.07, 6.45) is -0.430. The third-order valence-corrected chi connectivity index (χ3v) is 7.86. The number of carbonyl (C=O) groups excluding carboxylic acids is 2. The molecular formula is C37H34N4O2. The first kappa shape index (κ1) is 29.0. The standard InChI is InChI=1S/C37H34N4O2/c1-26(41(35(43)25-34(38)42)33-22-20-27(21-23-33)36(39)40)28-12-11-19-32(24-28)37(29-13-5-2-6-14-29,30-15-7-3-8-16-30)31-17-9-4-10-18-31/h2-24,26H,25H2,1H3,(H2,38,42)(H3,39,40). The molecule has 5 aromatic carbocycles. The van der Waals surface area contributed by atoms with E-state index in [0.717, 1.165) is 27.8 Å². The molecule has 6 nitrogen and oxygen atoms in total. The first-order chi connectivity index (χ1) is 20.8. The number of anilines is 1. The van der Waals surface area contributed by atoms with Gasteiger partial charge in [0.15, 0.2) is 0 Å². The van der Waals surface area contributed by atoms with Gasteiger partial charge in [0.2, 0.25) is 11.8 Å². The van der Waals surface area contributed by atoms with E-state index in [1.54, 1.807) is 29.2 Å². The Bertz CT molecular complexity index is 1620. The zero-order chi connectivity index (χ0) is 30.4. The van der Waals surface area contributed by atoms with Crippen molar-refractivity contribution in [2.45, 2.75) is 24.8 Å². The molecule has 1 unspecified atom stereocenters. The summed E-state index contributed by atoms with van der Waals surface area (Å²) in [4.78, 5) is 26.9. The number of hydrogen-bond donors (Lipinski definition) is 3.